The van der Waals surface area contributed by atoms with Gasteiger partial charge in [0.05, 0.1) is 5.56 Å². The van der Waals surface area contributed by atoms with Crippen molar-refractivity contribution < 1.29 is 22.7 Å². The molecule has 0 N–H and O–H groups in total. The zero-order chi connectivity index (χ0) is 19.4. The fourth-order valence-electron chi connectivity index (χ4n) is 3.25. The molecule has 0 saturated carbocycles. The smallest absolute Gasteiger partial charge is 0.418 e. The third kappa shape index (κ3) is 4.62. The summed E-state index contributed by atoms with van der Waals surface area (Å²) in [6, 6.07) is 13.5. The molecule has 2 aromatic rings. The van der Waals surface area contributed by atoms with Crippen LogP contribution in [0.15, 0.2) is 53.0 Å². The van der Waals surface area contributed by atoms with Gasteiger partial charge in [-0.3, -0.25) is 9.69 Å². The molecular formula is C19H18BrF3N2O2. The Labute approximate surface area is 163 Å². The van der Waals surface area contributed by atoms with Crippen LogP contribution in [0.1, 0.15) is 17.4 Å². The molecule has 144 valence electrons. The first-order chi connectivity index (χ1) is 12.9. The largest absolute Gasteiger partial charge is 0.444 e. The first kappa shape index (κ1) is 19.7. The van der Waals surface area contributed by atoms with Crippen LogP contribution in [-0.4, -0.2) is 37.6 Å². The summed E-state index contributed by atoms with van der Waals surface area (Å²) in [7, 11) is 0. The van der Waals surface area contributed by atoms with Crippen LogP contribution in [-0.2, 0) is 15.7 Å². The van der Waals surface area contributed by atoms with Crippen molar-refractivity contribution in [2.24, 2.45) is 0 Å². The minimum atomic E-state index is -4.43. The van der Waals surface area contributed by atoms with Crippen molar-refractivity contribution in [1.82, 2.24) is 4.90 Å². The molecule has 0 aromatic heterocycles. The van der Waals surface area contributed by atoms with Gasteiger partial charge in [0.1, 0.15) is 0 Å². The molecule has 0 amide bonds. The highest BCUT2D eigenvalue weighted by Gasteiger charge is 2.36. The molecule has 8 heteroatoms. The van der Waals surface area contributed by atoms with Crippen LogP contribution in [0.4, 0.5) is 18.9 Å². The molecule has 1 aliphatic rings. The average molecular weight is 443 g/mol. The normalized spacial score (nSPS) is 16.8. The molecule has 2 aromatic carbocycles. The lowest BCUT2D eigenvalue weighted by molar-refractivity contribution is -0.145. The van der Waals surface area contributed by atoms with Gasteiger partial charge in [-0.05, 0) is 18.2 Å². The van der Waals surface area contributed by atoms with Crippen LogP contribution in [0.2, 0.25) is 0 Å². The lowest BCUT2D eigenvalue weighted by Gasteiger charge is -2.40. The number of benzene rings is 2. The van der Waals surface area contributed by atoms with Crippen LogP contribution in [0.3, 0.4) is 0 Å². The van der Waals surface area contributed by atoms with Crippen molar-refractivity contribution in [2.75, 3.05) is 31.1 Å². The summed E-state index contributed by atoms with van der Waals surface area (Å²) in [5.41, 5.74) is 0.338. The van der Waals surface area contributed by atoms with Gasteiger partial charge in [-0.1, -0.05) is 46.3 Å². The van der Waals surface area contributed by atoms with E-state index in [9.17, 15) is 18.0 Å². The highest BCUT2D eigenvalue weighted by molar-refractivity contribution is 9.10. The Bertz CT molecular complexity index is 778. The monoisotopic (exact) mass is 442 g/mol. The number of anilines is 1. The Morgan fingerprint density at radius 1 is 1.04 bits per heavy atom. The second-order valence-corrected chi connectivity index (χ2v) is 7.09. The minimum absolute atomic E-state index is 0.165. The Hall–Kier alpha value is -2.06. The van der Waals surface area contributed by atoms with E-state index in [0.717, 1.165) is 11.6 Å². The molecule has 27 heavy (non-hydrogen) atoms. The van der Waals surface area contributed by atoms with Gasteiger partial charge in [0.15, 0.2) is 6.23 Å². The van der Waals surface area contributed by atoms with E-state index in [4.69, 9.17) is 4.74 Å². The lowest BCUT2D eigenvalue weighted by Crippen LogP contribution is -2.48. The summed E-state index contributed by atoms with van der Waals surface area (Å²) in [5.74, 6) is 0. The summed E-state index contributed by atoms with van der Waals surface area (Å²) in [6.45, 7) is 2.15. The van der Waals surface area contributed by atoms with Gasteiger partial charge in [0.2, 0.25) is 0 Å². The predicted molar refractivity (Wildman–Crippen MR) is 99.3 cm³/mol. The molecule has 0 bridgehead atoms. The van der Waals surface area contributed by atoms with E-state index in [-0.39, 0.29) is 5.69 Å². The molecular weight excluding hydrogens is 425 g/mol. The van der Waals surface area contributed by atoms with Gasteiger partial charge in [-0.15, -0.1) is 0 Å². The fraction of sp³-hybridized carbons (Fsp3) is 0.316. The summed E-state index contributed by atoms with van der Waals surface area (Å²) in [5, 5.41) is 0. The Morgan fingerprint density at radius 2 is 1.70 bits per heavy atom. The molecule has 1 heterocycles. The van der Waals surface area contributed by atoms with E-state index in [1.54, 1.807) is 11.0 Å². The minimum Gasteiger partial charge on any atom is -0.444 e. The van der Waals surface area contributed by atoms with E-state index in [1.165, 1.54) is 6.07 Å². The van der Waals surface area contributed by atoms with Gasteiger partial charge in [0.25, 0.3) is 6.47 Å². The molecule has 4 nitrogen and oxygen atoms in total. The van der Waals surface area contributed by atoms with E-state index >= 15 is 0 Å². The van der Waals surface area contributed by atoms with Gasteiger partial charge < -0.3 is 9.64 Å². The van der Waals surface area contributed by atoms with Gasteiger partial charge in [0, 0.05) is 41.9 Å². The third-order valence-electron chi connectivity index (χ3n) is 4.52. The molecule has 3 rings (SSSR count). The summed E-state index contributed by atoms with van der Waals surface area (Å²) in [6.07, 6.45) is -4.97. The summed E-state index contributed by atoms with van der Waals surface area (Å²) < 4.78 is 45.8. The quantitative estimate of drug-likeness (QED) is 0.639. The molecule has 0 radical (unpaired) electrons. The van der Waals surface area contributed by atoms with Gasteiger partial charge in [-0.2, -0.15) is 13.2 Å². The van der Waals surface area contributed by atoms with Crippen molar-refractivity contribution in [3.8, 4) is 0 Å². The van der Waals surface area contributed by atoms with Crippen molar-refractivity contribution in [3.63, 3.8) is 0 Å². The number of carbonyl (C=O) groups excluding carboxylic acids is 1. The Morgan fingerprint density at radius 3 is 2.30 bits per heavy atom. The number of nitrogens with zero attached hydrogens (tertiary/aromatic N) is 2. The van der Waals surface area contributed by atoms with Gasteiger partial charge in [-0.25, -0.2) is 0 Å². The fourth-order valence-corrected chi connectivity index (χ4v) is 3.62. The first-order valence-electron chi connectivity index (χ1n) is 8.40. The zero-order valence-corrected chi connectivity index (χ0v) is 15.9. The van der Waals surface area contributed by atoms with Crippen molar-refractivity contribution in [1.29, 1.82) is 0 Å². The van der Waals surface area contributed by atoms with Crippen LogP contribution in [0, 0.1) is 0 Å². The van der Waals surface area contributed by atoms with E-state index in [1.807, 2.05) is 35.2 Å². The highest BCUT2D eigenvalue weighted by atomic mass is 79.9. The topological polar surface area (TPSA) is 32.8 Å². The van der Waals surface area contributed by atoms with Crippen LogP contribution < -0.4 is 4.90 Å². The number of alkyl halides is 3. The number of rotatable bonds is 5. The summed E-state index contributed by atoms with van der Waals surface area (Å²) in [4.78, 5) is 14.6. The maximum Gasteiger partial charge on any atom is 0.418 e. The number of halogens is 4. The number of ether oxygens (including phenoxy) is 1. The average Bonchev–Trinajstić information content (AvgIpc) is 2.66. The van der Waals surface area contributed by atoms with Crippen molar-refractivity contribution >= 4 is 28.1 Å². The third-order valence-corrected chi connectivity index (χ3v) is 5.01. The molecule has 1 unspecified atom stereocenters. The molecule has 1 aliphatic heterocycles. The number of hydrogen-bond acceptors (Lipinski definition) is 4. The first-order valence-corrected chi connectivity index (χ1v) is 9.19. The predicted octanol–water partition coefficient (Wildman–Crippen LogP) is 4.46. The highest BCUT2D eigenvalue weighted by Crippen LogP contribution is 2.39. The van der Waals surface area contributed by atoms with Crippen molar-refractivity contribution in [2.45, 2.75) is 12.4 Å². The van der Waals surface area contributed by atoms with E-state index in [0.29, 0.717) is 37.1 Å². The Kier molecular flexibility index (Phi) is 6.06. The second-order valence-electron chi connectivity index (χ2n) is 6.18. The Balaban J connectivity index is 1.76. The lowest BCUT2D eigenvalue weighted by atomic mass is 10.1. The van der Waals surface area contributed by atoms with Crippen molar-refractivity contribution in [3.05, 3.63) is 64.1 Å². The molecule has 0 aliphatic carbocycles. The van der Waals surface area contributed by atoms with Crippen LogP contribution >= 0.6 is 15.9 Å². The number of piperazine rings is 1. The zero-order valence-electron chi connectivity index (χ0n) is 14.3. The number of carbonyl (C=O) groups is 1. The van der Waals surface area contributed by atoms with Crippen LogP contribution in [0.25, 0.3) is 0 Å². The van der Waals surface area contributed by atoms with E-state index in [2.05, 4.69) is 15.9 Å². The van der Waals surface area contributed by atoms with E-state index < -0.39 is 18.0 Å². The maximum absolute atomic E-state index is 13.4. The molecule has 1 saturated heterocycles. The van der Waals surface area contributed by atoms with Crippen LogP contribution in [0.5, 0.6) is 0 Å². The number of hydrogen-bond donors (Lipinski definition) is 0. The molecule has 0 spiro atoms. The van der Waals surface area contributed by atoms with Gasteiger partial charge >= 0.3 is 6.18 Å². The SMILES string of the molecule is O=COC(c1ccccc1)N1CCN(c2ccc(Br)cc2C(F)(F)F)CC1. The standard InChI is InChI=1S/C19H18BrF3N2O2/c20-15-6-7-17(16(12-15)19(21,22)23)24-8-10-25(11-9-24)18(27-13-26)14-4-2-1-3-5-14/h1-7,12-13,18H,8-11H2. The second kappa shape index (κ2) is 8.31. The summed E-state index contributed by atoms with van der Waals surface area (Å²) >= 11 is 3.11. The molecule has 1 fully saturated rings. The molecule has 1 atom stereocenters. The maximum atomic E-state index is 13.4.